The molecule has 0 bridgehead atoms. The second kappa shape index (κ2) is 8.16. The second-order valence-corrected chi connectivity index (χ2v) is 6.79. The number of benzene rings is 1. The molecule has 1 aromatic carbocycles. The highest BCUT2D eigenvalue weighted by Crippen LogP contribution is 2.26. The molecule has 3 aromatic rings. The fourth-order valence-electron chi connectivity index (χ4n) is 3.22. The van der Waals surface area contributed by atoms with Crippen LogP contribution in [0.15, 0.2) is 47.4 Å². The smallest absolute Gasteiger partial charge is 0.274 e. The zero-order valence-corrected chi connectivity index (χ0v) is 15.6. The third-order valence-electron chi connectivity index (χ3n) is 4.67. The van der Waals surface area contributed by atoms with Crippen LogP contribution < -0.4 is 4.74 Å². The van der Waals surface area contributed by atoms with E-state index in [-0.39, 0.29) is 11.8 Å². The van der Waals surface area contributed by atoms with Gasteiger partial charge in [0.2, 0.25) is 5.89 Å². The summed E-state index contributed by atoms with van der Waals surface area (Å²) < 4.78 is 11.2. The summed E-state index contributed by atoms with van der Waals surface area (Å²) >= 11 is 0. The van der Waals surface area contributed by atoms with Crippen LogP contribution in [-0.2, 0) is 6.42 Å². The Kier molecular flexibility index (Phi) is 5.27. The summed E-state index contributed by atoms with van der Waals surface area (Å²) in [6.07, 6.45) is 5.89. The fraction of sp³-hybridized carbons (Fsp3) is 0.350. The molecule has 144 valence electrons. The van der Waals surface area contributed by atoms with Crippen molar-refractivity contribution in [1.82, 2.24) is 25.0 Å². The van der Waals surface area contributed by atoms with Crippen LogP contribution in [0.5, 0.6) is 5.75 Å². The van der Waals surface area contributed by atoms with Gasteiger partial charge in [-0.05, 0) is 31.0 Å². The maximum atomic E-state index is 12.5. The minimum absolute atomic E-state index is 0.0413. The van der Waals surface area contributed by atoms with Crippen molar-refractivity contribution in [2.75, 3.05) is 19.7 Å². The molecule has 0 N–H and O–H groups in total. The predicted molar refractivity (Wildman–Crippen MR) is 100.0 cm³/mol. The zero-order valence-electron chi connectivity index (χ0n) is 15.6. The topological polar surface area (TPSA) is 94.2 Å². The van der Waals surface area contributed by atoms with Gasteiger partial charge in [-0.15, -0.1) is 0 Å². The molecule has 8 nitrogen and oxygen atoms in total. The summed E-state index contributed by atoms with van der Waals surface area (Å²) in [6.45, 7) is 3.67. The van der Waals surface area contributed by atoms with Gasteiger partial charge in [0, 0.05) is 31.9 Å². The molecule has 28 heavy (non-hydrogen) atoms. The number of hydrogen-bond donors (Lipinski definition) is 0. The molecule has 1 saturated heterocycles. The fourth-order valence-corrected chi connectivity index (χ4v) is 3.22. The van der Waals surface area contributed by atoms with Crippen LogP contribution in [0.25, 0.3) is 0 Å². The van der Waals surface area contributed by atoms with Crippen molar-refractivity contribution in [3.05, 3.63) is 65.8 Å². The maximum Gasteiger partial charge on any atom is 0.274 e. The van der Waals surface area contributed by atoms with E-state index in [0.717, 1.165) is 17.7 Å². The first kappa shape index (κ1) is 18.1. The Labute approximate surface area is 162 Å². The van der Waals surface area contributed by atoms with Gasteiger partial charge in [0.05, 0.1) is 18.7 Å². The van der Waals surface area contributed by atoms with Gasteiger partial charge in [0.1, 0.15) is 11.4 Å². The van der Waals surface area contributed by atoms with Crippen molar-refractivity contribution < 1.29 is 14.1 Å². The average molecular weight is 379 g/mol. The van der Waals surface area contributed by atoms with Gasteiger partial charge in [-0.2, -0.15) is 4.98 Å². The Morgan fingerprint density at radius 3 is 3.11 bits per heavy atom. The quantitative estimate of drug-likeness (QED) is 0.649. The molecule has 1 aliphatic heterocycles. The molecule has 1 atom stereocenters. The number of amides is 1. The number of likely N-dealkylation sites (tertiary alicyclic amines) is 1. The Bertz CT molecular complexity index is 944. The molecule has 1 amide bonds. The Morgan fingerprint density at radius 2 is 2.29 bits per heavy atom. The van der Waals surface area contributed by atoms with Gasteiger partial charge in [0.15, 0.2) is 5.82 Å². The van der Waals surface area contributed by atoms with E-state index >= 15 is 0 Å². The average Bonchev–Trinajstić information content (AvgIpc) is 3.38. The number of rotatable bonds is 6. The van der Waals surface area contributed by atoms with E-state index in [1.165, 1.54) is 12.4 Å². The number of nitrogens with zero attached hydrogens (tertiary/aromatic N) is 5. The van der Waals surface area contributed by atoms with Crippen molar-refractivity contribution in [2.45, 2.75) is 25.7 Å². The molecule has 2 aromatic heterocycles. The van der Waals surface area contributed by atoms with Gasteiger partial charge >= 0.3 is 0 Å². The molecule has 0 aliphatic carbocycles. The van der Waals surface area contributed by atoms with Crippen LogP contribution >= 0.6 is 0 Å². The Morgan fingerprint density at radius 1 is 1.36 bits per heavy atom. The van der Waals surface area contributed by atoms with Crippen molar-refractivity contribution in [3.8, 4) is 5.75 Å². The van der Waals surface area contributed by atoms with Crippen LogP contribution in [0.4, 0.5) is 0 Å². The summed E-state index contributed by atoms with van der Waals surface area (Å²) in [4.78, 5) is 26.7. The maximum absolute atomic E-state index is 12.5. The van der Waals surface area contributed by atoms with E-state index in [1.54, 1.807) is 11.1 Å². The largest absolute Gasteiger partial charge is 0.493 e. The van der Waals surface area contributed by atoms with Gasteiger partial charge in [-0.1, -0.05) is 17.3 Å². The lowest BCUT2D eigenvalue weighted by molar-refractivity contribution is 0.0783. The molecule has 1 unspecified atom stereocenters. The van der Waals surface area contributed by atoms with Crippen molar-refractivity contribution in [2.24, 2.45) is 0 Å². The normalized spacial score (nSPS) is 16.3. The van der Waals surface area contributed by atoms with E-state index in [0.29, 0.717) is 43.5 Å². The van der Waals surface area contributed by atoms with E-state index in [1.807, 2.05) is 31.2 Å². The van der Waals surface area contributed by atoms with E-state index in [9.17, 15) is 4.79 Å². The first-order valence-electron chi connectivity index (χ1n) is 9.26. The van der Waals surface area contributed by atoms with Gasteiger partial charge < -0.3 is 14.2 Å². The van der Waals surface area contributed by atoms with E-state index in [2.05, 4.69) is 20.1 Å². The summed E-state index contributed by atoms with van der Waals surface area (Å²) in [5, 5.41) is 4.05. The highest BCUT2D eigenvalue weighted by atomic mass is 16.5. The van der Waals surface area contributed by atoms with Gasteiger partial charge in [-0.25, -0.2) is 4.98 Å². The van der Waals surface area contributed by atoms with E-state index < -0.39 is 0 Å². The molecule has 0 radical (unpaired) electrons. The third kappa shape index (κ3) is 4.16. The summed E-state index contributed by atoms with van der Waals surface area (Å²) in [5.41, 5.74) is 1.50. The second-order valence-electron chi connectivity index (χ2n) is 6.79. The Hall–Kier alpha value is -3.29. The number of hydrogen-bond acceptors (Lipinski definition) is 7. The third-order valence-corrected chi connectivity index (χ3v) is 4.67. The SMILES string of the molecule is Cc1cccc(OCCc2noc(C3CCN(C(=O)c4cnccn4)C3)n2)c1. The first-order valence-corrected chi connectivity index (χ1v) is 9.26. The van der Waals surface area contributed by atoms with Gasteiger partial charge in [-0.3, -0.25) is 9.78 Å². The number of carbonyl (C=O) groups is 1. The lowest BCUT2D eigenvalue weighted by atomic mass is 10.1. The molecule has 3 heterocycles. The van der Waals surface area contributed by atoms with Crippen molar-refractivity contribution >= 4 is 5.91 Å². The minimum atomic E-state index is -0.123. The summed E-state index contributed by atoms with van der Waals surface area (Å²) in [7, 11) is 0. The Balaban J connectivity index is 1.30. The molecule has 8 heteroatoms. The summed E-state index contributed by atoms with van der Waals surface area (Å²) in [5.74, 6) is 1.93. The van der Waals surface area contributed by atoms with Crippen molar-refractivity contribution in [3.63, 3.8) is 0 Å². The number of aromatic nitrogens is 4. The molecular weight excluding hydrogens is 358 g/mol. The van der Waals surface area contributed by atoms with E-state index in [4.69, 9.17) is 9.26 Å². The zero-order chi connectivity index (χ0) is 19.3. The van der Waals surface area contributed by atoms with Crippen LogP contribution in [0.2, 0.25) is 0 Å². The predicted octanol–water partition coefficient (Wildman–Crippen LogP) is 2.42. The number of ether oxygens (including phenoxy) is 1. The molecule has 0 saturated carbocycles. The highest BCUT2D eigenvalue weighted by molar-refractivity contribution is 5.92. The molecule has 4 rings (SSSR count). The summed E-state index contributed by atoms with van der Waals surface area (Å²) in [6, 6.07) is 7.91. The van der Waals surface area contributed by atoms with Crippen molar-refractivity contribution in [1.29, 1.82) is 0 Å². The molecule has 1 aliphatic rings. The minimum Gasteiger partial charge on any atom is -0.493 e. The monoisotopic (exact) mass is 379 g/mol. The standard InChI is InChI=1S/C20H21N5O3/c1-14-3-2-4-16(11-14)27-10-6-18-23-19(28-24-18)15-5-9-25(13-15)20(26)17-12-21-7-8-22-17/h2-4,7-8,11-12,15H,5-6,9-10,13H2,1H3. The first-order chi connectivity index (χ1) is 13.7. The molecule has 0 spiro atoms. The number of carbonyl (C=O) groups excluding carboxylic acids is 1. The van der Waals surface area contributed by atoms with Crippen LogP contribution in [0.3, 0.4) is 0 Å². The van der Waals surface area contributed by atoms with Gasteiger partial charge in [0.25, 0.3) is 5.91 Å². The molecular formula is C20H21N5O3. The van der Waals surface area contributed by atoms with Crippen LogP contribution in [0.1, 0.15) is 40.1 Å². The lowest BCUT2D eigenvalue weighted by Crippen LogP contribution is -2.29. The molecule has 1 fully saturated rings. The lowest BCUT2D eigenvalue weighted by Gasteiger charge is -2.14. The number of aryl methyl sites for hydroxylation is 1. The van der Waals surface area contributed by atoms with Crippen LogP contribution in [0, 0.1) is 6.92 Å². The highest BCUT2D eigenvalue weighted by Gasteiger charge is 2.32. The van der Waals surface area contributed by atoms with Crippen LogP contribution in [-0.4, -0.2) is 50.6 Å².